The number of anilines is 2. The summed E-state index contributed by atoms with van der Waals surface area (Å²) in [6.07, 6.45) is 2.50. The van der Waals surface area contributed by atoms with Gasteiger partial charge in [0.1, 0.15) is 17.2 Å². The second kappa shape index (κ2) is 8.22. The molecule has 29 heavy (non-hydrogen) atoms. The minimum atomic E-state index is -0.0687. The summed E-state index contributed by atoms with van der Waals surface area (Å²) in [6.45, 7) is 1.30. The number of pyridine rings is 1. The Morgan fingerprint density at radius 3 is 2.66 bits per heavy atom. The third kappa shape index (κ3) is 4.01. The largest absolute Gasteiger partial charge is 0.497 e. The van der Waals surface area contributed by atoms with Gasteiger partial charge in [-0.25, -0.2) is 0 Å². The number of carbonyl (C=O) groups excluding carboxylic acids is 1. The van der Waals surface area contributed by atoms with Gasteiger partial charge in [0.15, 0.2) is 0 Å². The lowest BCUT2D eigenvalue weighted by molar-refractivity contribution is 0.0729. The lowest BCUT2D eigenvalue weighted by Crippen LogP contribution is -2.36. The highest BCUT2D eigenvalue weighted by atomic mass is 16.5. The molecule has 0 spiro atoms. The zero-order valence-corrected chi connectivity index (χ0v) is 16.5. The fourth-order valence-electron chi connectivity index (χ4n) is 3.52. The van der Waals surface area contributed by atoms with E-state index in [-0.39, 0.29) is 5.91 Å². The molecule has 0 saturated heterocycles. The first-order chi connectivity index (χ1) is 14.2. The number of methoxy groups -OCH3 is 2. The van der Waals surface area contributed by atoms with Crippen LogP contribution in [0.4, 0.5) is 11.4 Å². The van der Waals surface area contributed by atoms with E-state index in [4.69, 9.17) is 9.47 Å². The lowest BCUT2D eigenvalue weighted by atomic mass is 10.00. The van der Waals surface area contributed by atoms with Gasteiger partial charge in [0.25, 0.3) is 5.91 Å². The quantitative estimate of drug-likeness (QED) is 0.713. The zero-order valence-electron chi connectivity index (χ0n) is 16.5. The Balaban J connectivity index is 1.54. The average molecular weight is 389 g/mol. The highest BCUT2D eigenvalue weighted by Gasteiger charge is 2.22. The monoisotopic (exact) mass is 389 g/mol. The maximum atomic E-state index is 13.0. The van der Waals surface area contributed by atoms with E-state index < -0.39 is 0 Å². The molecule has 2 heterocycles. The predicted octanol–water partition coefficient (Wildman–Crippen LogP) is 4.04. The number of fused-ring (bicyclic) bond motifs is 1. The van der Waals surface area contributed by atoms with Crippen LogP contribution in [0.5, 0.6) is 11.5 Å². The van der Waals surface area contributed by atoms with Crippen molar-refractivity contribution in [1.29, 1.82) is 0 Å². The minimum absolute atomic E-state index is 0.0687. The summed E-state index contributed by atoms with van der Waals surface area (Å²) >= 11 is 0. The van der Waals surface area contributed by atoms with Crippen LogP contribution >= 0.6 is 0 Å². The molecule has 4 rings (SSSR count). The van der Waals surface area contributed by atoms with Crippen molar-refractivity contribution >= 4 is 17.3 Å². The highest BCUT2D eigenvalue weighted by Crippen LogP contribution is 2.31. The number of amides is 1. The molecule has 0 radical (unpaired) electrons. The van der Waals surface area contributed by atoms with Crippen LogP contribution in [-0.4, -0.2) is 36.6 Å². The van der Waals surface area contributed by atoms with Gasteiger partial charge in [-0.15, -0.1) is 0 Å². The second-order valence-electron chi connectivity index (χ2n) is 6.87. The summed E-state index contributed by atoms with van der Waals surface area (Å²) in [5.41, 5.74) is 4.43. The summed E-state index contributed by atoms with van der Waals surface area (Å²) in [5, 5.41) is 3.30. The maximum absolute atomic E-state index is 13.0. The summed E-state index contributed by atoms with van der Waals surface area (Å²) in [4.78, 5) is 19.2. The molecule has 0 fully saturated rings. The van der Waals surface area contributed by atoms with Gasteiger partial charge in [-0.2, -0.15) is 0 Å². The fraction of sp³-hybridized carbons (Fsp3) is 0.217. The Bertz CT molecular complexity index is 1040. The van der Waals surface area contributed by atoms with Gasteiger partial charge in [-0.1, -0.05) is 24.3 Å². The van der Waals surface area contributed by atoms with Crippen molar-refractivity contribution in [2.24, 2.45) is 0 Å². The van der Waals surface area contributed by atoms with Gasteiger partial charge < -0.3 is 19.7 Å². The molecular weight excluding hydrogens is 366 g/mol. The van der Waals surface area contributed by atoms with Crippen LogP contribution in [0.2, 0.25) is 0 Å². The SMILES string of the molecule is COc1ccc(OC)c(Nc2ccnc(C(=O)N3CCc4ccccc4C3)c2)c1. The molecule has 1 N–H and O–H groups in total. The molecule has 0 saturated carbocycles. The molecule has 0 aliphatic carbocycles. The van der Waals surface area contributed by atoms with Crippen molar-refractivity contribution in [1.82, 2.24) is 9.88 Å². The van der Waals surface area contributed by atoms with Crippen molar-refractivity contribution in [3.05, 3.63) is 77.6 Å². The van der Waals surface area contributed by atoms with E-state index in [2.05, 4.69) is 22.4 Å². The first-order valence-electron chi connectivity index (χ1n) is 9.49. The lowest BCUT2D eigenvalue weighted by Gasteiger charge is -2.28. The van der Waals surface area contributed by atoms with E-state index in [1.54, 1.807) is 26.5 Å². The van der Waals surface area contributed by atoms with Crippen LogP contribution in [-0.2, 0) is 13.0 Å². The Kier molecular flexibility index (Phi) is 5.33. The predicted molar refractivity (Wildman–Crippen MR) is 112 cm³/mol. The molecule has 6 nitrogen and oxygen atoms in total. The van der Waals surface area contributed by atoms with Gasteiger partial charge in [0.2, 0.25) is 0 Å². The van der Waals surface area contributed by atoms with Crippen molar-refractivity contribution in [3.63, 3.8) is 0 Å². The van der Waals surface area contributed by atoms with Crippen LogP contribution in [0.3, 0.4) is 0 Å². The Morgan fingerprint density at radius 1 is 1.03 bits per heavy atom. The number of carbonyl (C=O) groups is 1. The second-order valence-corrected chi connectivity index (χ2v) is 6.87. The molecule has 148 valence electrons. The average Bonchev–Trinajstić information content (AvgIpc) is 2.78. The molecule has 1 aliphatic rings. The number of ether oxygens (including phenoxy) is 2. The minimum Gasteiger partial charge on any atom is -0.497 e. The number of rotatable bonds is 5. The summed E-state index contributed by atoms with van der Waals surface area (Å²) in [7, 11) is 3.23. The van der Waals surface area contributed by atoms with E-state index >= 15 is 0 Å². The van der Waals surface area contributed by atoms with Crippen LogP contribution in [0.15, 0.2) is 60.8 Å². The third-order valence-corrected chi connectivity index (χ3v) is 5.08. The number of nitrogens with zero attached hydrogens (tertiary/aromatic N) is 2. The van der Waals surface area contributed by atoms with E-state index in [1.807, 2.05) is 41.3 Å². The molecule has 0 unspecified atom stereocenters. The van der Waals surface area contributed by atoms with Crippen LogP contribution in [0.25, 0.3) is 0 Å². The molecule has 0 atom stereocenters. The molecule has 1 aromatic heterocycles. The molecule has 1 amide bonds. The summed E-state index contributed by atoms with van der Waals surface area (Å²) in [5.74, 6) is 1.33. The smallest absolute Gasteiger partial charge is 0.272 e. The van der Waals surface area contributed by atoms with E-state index in [1.165, 1.54) is 11.1 Å². The van der Waals surface area contributed by atoms with Gasteiger partial charge in [-0.3, -0.25) is 9.78 Å². The summed E-state index contributed by atoms with van der Waals surface area (Å²) in [6, 6.07) is 17.4. The Labute approximate surface area is 170 Å². The summed E-state index contributed by atoms with van der Waals surface area (Å²) < 4.78 is 10.7. The molecule has 1 aliphatic heterocycles. The van der Waals surface area contributed by atoms with Gasteiger partial charge in [-0.05, 0) is 41.8 Å². The molecule has 3 aromatic rings. The fourth-order valence-corrected chi connectivity index (χ4v) is 3.52. The number of aromatic nitrogens is 1. The molecule has 0 bridgehead atoms. The number of hydrogen-bond acceptors (Lipinski definition) is 5. The van der Waals surface area contributed by atoms with Crippen LogP contribution in [0.1, 0.15) is 21.6 Å². The normalized spacial score (nSPS) is 12.8. The Hall–Kier alpha value is -3.54. The number of hydrogen-bond donors (Lipinski definition) is 1. The first kappa shape index (κ1) is 18.8. The van der Waals surface area contributed by atoms with Gasteiger partial charge in [0.05, 0.1) is 19.9 Å². The number of benzene rings is 2. The molecule has 2 aromatic carbocycles. The zero-order chi connectivity index (χ0) is 20.2. The molecular formula is C23H23N3O3. The highest BCUT2D eigenvalue weighted by molar-refractivity contribution is 5.93. The van der Waals surface area contributed by atoms with Crippen molar-refractivity contribution < 1.29 is 14.3 Å². The van der Waals surface area contributed by atoms with Crippen LogP contribution in [0, 0.1) is 0 Å². The Morgan fingerprint density at radius 2 is 1.86 bits per heavy atom. The first-order valence-corrected chi connectivity index (χ1v) is 9.49. The number of nitrogens with one attached hydrogen (secondary N) is 1. The molecule has 6 heteroatoms. The van der Waals surface area contributed by atoms with Crippen LogP contribution < -0.4 is 14.8 Å². The third-order valence-electron chi connectivity index (χ3n) is 5.08. The van der Waals surface area contributed by atoms with E-state index in [9.17, 15) is 4.79 Å². The van der Waals surface area contributed by atoms with Crippen molar-refractivity contribution in [2.45, 2.75) is 13.0 Å². The standard InChI is InChI=1S/C23H23N3O3/c1-28-19-7-8-22(29-2)20(14-19)25-18-9-11-24-21(13-18)23(27)26-12-10-16-5-3-4-6-17(16)15-26/h3-9,11,13-14H,10,12,15H2,1-2H3,(H,24,25). The van der Waals surface area contributed by atoms with Crippen molar-refractivity contribution in [3.8, 4) is 11.5 Å². The van der Waals surface area contributed by atoms with E-state index in [0.717, 1.165) is 17.8 Å². The van der Waals surface area contributed by atoms with E-state index in [0.29, 0.717) is 30.3 Å². The van der Waals surface area contributed by atoms with Crippen molar-refractivity contribution in [2.75, 3.05) is 26.1 Å². The van der Waals surface area contributed by atoms with Gasteiger partial charge >= 0.3 is 0 Å². The van der Waals surface area contributed by atoms with Gasteiger partial charge in [0, 0.05) is 31.0 Å². The topological polar surface area (TPSA) is 63.7 Å². The maximum Gasteiger partial charge on any atom is 0.272 e.